The van der Waals surface area contributed by atoms with Gasteiger partial charge in [0.25, 0.3) is 0 Å². The fraction of sp³-hybridized carbons (Fsp3) is 0.611. The van der Waals surface area contributed by atoms with E-state index in [9.17, 15) is 0 Å². The lowest BCUT2D eigenvalue weighted by atomic mass is 10.00. The summed E-state index contributed by atoms with van der Waals surface area (Å²) < 4.78 is 0. The molecule has 1 N–H and O–H groups in total. The number of nitrogens with zero attached hydrogens (tertiary/aromatic N) is 3. The Morgan fingerprint density at radius 1 is 1.14 bits per heavy atom. The number of hydrogen-bond acceptors (Lipinski definition) is 2. The molecule has 2 aliphatic heterocycles. The largest absolute Gasteiger partial charge is 0.357 e. The second-order valence-corrected chi connectivity index (χ2v) is 6.22. The van der Waals surface area contributed by atoms with Gasteiger partial charge in [0.2, 0.25) is 0 Å². The normalized spacial score (nSPS) is 19.3. The van der Waals surface area contributed by atoms with Crippen LogP contribution in [0.5, 0.6) is 0 Å². The summed E-state index contributed by atoms with van der Waals surface area (Å²) in [6, 6.07) is 8.83. The summed E-state index contributed by atoms with van der Waals surface area (Å²) in [5.41, 5.74) is 3.01. The van der Waals surface area contributed by atoms with Crippen LogP contribution >= 0.6 is 0 Å². The van der Waals surface area contributed by atoms with E-state index in [4.69, 9.17) is 4.99 Å². The molecule has 0 bridgehead atoms. The molecule has 2 heterocycles. The van der Waals surface area contributed by atoms with Gasteiger partial charge in [0.1, 0.15) is 0 Å². The van der Waals surface area contributed by atoms with Crippen LogP contribution in [0.3, 0.4) is 0 Å². The van der Waals surface area contributed by atoms with Crippen LogP contribution in [-0.4, -0.2) is 55.0 Å². The lowest BCUT2D eigenvalue weighted by Gasteiger charge is -2.28. The van der Waals surface area contributed by atoms with Crippen molar-refractivity contribution in [3.8, 4) is 0 Å². The van der Waals surface area contributed by atoms with Crippen molar-refractivity contribution in [2.24, 2.45) is 4.99 Å². The van der Waals surface area contributed by atoms with Gasteiger partial charge in [0.05, 0.1) is 6.54 Å². The van der Waals surface area contributed by atoms with Gasteiger partial charge < -0.3 is 10.2 Å². The first-order chi connectivity index (χ1) is 10.9. The van der Waals surface area contributed by atoms with Gasteiger partial charge in [-0.25, -0.2) is 0 Å². The molecular weight excluding hydrogens is 272 g/mol. The Hall–Kier alpha value is -1.55. The number of nitrogens with one attached hydrogen (secondary N) is 1. The molecule has 0 atom stereocenters. The molecule has 22 heavy (non-hydrogen) atoms. The van der Waals surface area contributed by atoms with Crippen molar-refractivity contribution < 1.29 is 0 Å². The van der Waals surface area contributed by atoms with E-state index < -0.39 is 0 Å². The molecule has 0 aromatic heterocycles. The molecule has 0 aliphatic carbocycles. The average molecular weight is 300 g/mol. The highest BCUT2D eigenvalue weighted by molar-refractivity contribution is 5.80. The molecule has 1 fully saturated rings. The molecule has 0 saturated carbocycles. The predicted molar refractivity (Wildman–Crippen MR) is 92.2 cm³/mol. The standard InChI is InChI=1S/C18H28N4/c1-2-19-18(22-11-5-6-12-22)20-10-14-21-13-9-16-7-3-4-8-17(16)15-21/h3-4,7-8H,2,5-6,9-15H2,1H3,(H,19,20). The van der Waals surface area contributed by atoms with Crippen LogP contribution in [0.15, 0.2) is 29.3 Å². The van der Waals surface area contributed by atoms with Gasteiger partial charge in [0, 0.05) is 39.3 Å². The van der Waals surface area contributed by atoms with Crippen molar-refractivity contribution >= 4 is 5.96 Å². The van der Waals surface area contributed by atoms with Crippen LogP contribution in [0.1, 0.15) is 30.9 Å². The van der Waals surface area contributed by atoms with Crippen LogP contribution in [0.25, 0.3) is 0 Å². The minimum Gasteiger partial charge on any atom is -0.357 e. The van der Waals surface area contributed by atoms with Crippen LogP contribution < -0.4 is 5.32 Å². The summed E-state index contributed by atoms with van der Waals surface area (Å²) in [6.45, 7) is 9.59. The van der Waals surface area contributed by atoms with Crippen molar-refractivity contribution in [2.45, 2.75) is 32.7 Å². The third-order valence-corrected chi connectivity index (χ3v) is 4.63. The van der Waals surface area contributed by atoms with Crippen molar-refractivity contribution in [3.63, 3.8) is 0 Å². The van der Waals surface area contributed by atoms with Crippen LogP contribution in [0, 0.1) is 0 Å². The maximum Gasteiger partial charge on any atom is 0.193 e. The zero-order chi connectivity index (χ0) is 15.2. The summed E-state index contributed by atoms with van der Waals surface area (Å²) in [7, 11) is 0. The van der Waals surface area contributed by atoms with Crippen LogP contribution in [-0.2, 0) is 13.0 Å². The lowest BCUT2D eigenvalue weighted by molar-refractivity contribution is 0.261. The van der Waals surface area contributed by atoms with Crippen molar-refractivity contribution in [3.05, 3.63) is 35.4 Å². The minimum atomic E-state index is 0.890. The summed E-state index contributed by atoms with van der Waals surface area (Å²) in [5, 5.41) is 3.44. The summed E-state index contributed by atoms with van der Waals surface area (Å²) in [6.07, 6.45) is 3.77. The van der Waals surface area contributed by atoms with Crippen LogP contribution in [0.4, 0.5) is 0 Å². The van der Waals surface area contributed by atoms with E-state index in [2.05, 4.69) is 46.3 Å². The maximum absolute atomic E-state index is 4.84. The minimum absolute atomic E-state index is 0.890. The highest BCUT2D eigenvalue weighted by Crippen LogP contribution is 2.18. The summed E-state index contributed by atoms with van der Waals surface area (Å²) in [4.78, 5) is 9.76. The molecule has 0 spiro atoms. The van der Waals surface area contributed by atoms with Gasteiger partial charge >= 0.3 is 0 Å². The number of likely N-dealkylation sites (tertiary alicyclic amines) is 1. The van der Waals surface area contributed by atoms with Crippen LogP contribution in [0.2, 0.25) is 0 Å². The first-order valence-electron chi connectivity index (χ1n) is 8.69. The molecule has 2 aliphatic rings. The first-order valence-corrected chi connectivity index (χ1v) is 8.69. The third-order valence-electron chi connectivity index (χ3n) is 4.63. The Kier molecular flexibility index (Phi) is 5.33. The number of fused-ring (bicyclic) bond motifs is 1. The van der Waals surface area contributed by atoms with E-state index in [0.717, 1.165) is 51.8 Å². The van der Waals surface area contributed by atoms with Gasteiger partial charge in [-0.05, 0) is 37.3 Å². The molecule has 1 saturated heterocycles. The fourth-order valence-corrected chi connectivity index (χ4v) is 3.40. The molecule has 1 aromatic rings. The molecule has 3 rings (SSSR count). The molecular formula is C18H28N4. The zero-order valence-electron chi connectivity index (χ0n) is 13.7. The number of guanidine groups is 1. The molecule has 0 amide bonds. The Morgan fingerprint density at radius 3 is 2.68 bits per heavy atom. The van der Waals surface area contributed by atoms with Gasteiger partial charge in [-0.1, -0.05) is 24.3 Å². The van der Waals surface area contributed by atoms with Crippen molar-refractivity contribution in [2.75, 3.05) is 39.3 Å². The molecule has 1 aromatic carbocycles. The van der Waals surface area contributed by atoms with Gasteiger partial charge in [0.15, 0.2) is 5.96 Å². The highest BCUT2D eigenvalue weighted by Gasteiger charge is 2.17. The molecule has 4 heteroatoms. The average Bonchev–Trinajstić information content (AvgIpc) is 3.08. The Labute approximate surface area is 134 Å². The predicted octanol–water partition coefficient (Wildman–Crippen LogP) is 2.11. The van der Waals surface area contributed by atoms with Gasteiger partial charge in [-0.15, -0.1) is 0 Å². The number of hydrogen-bond donors (Lipinski definition) is 1. The highest BCUT2D eigenvalue weighted by atomic mass is 15.3. The topological polar surface area (TPSA) is 30.9 Å². The first kappa shape index (κ1) is 15.3. The van der Waals surface area contributed by atoms with E-state index in [1.54, 1.807) is 0 Å². The van der Waals surface area contributed by atoms with E-state index in [0.29, 0.717) is 0 Å². The van der Waals surface area contributed by atoms with E-state index >= 15 is 0 Å². The quantitative estimate of drug-likeness (QED) is 0.682. The van der Waals surface area contributed by atoms with E-state index in [-0.39, 0.29) is 0 Å². The molecule has 0 unspecified atom stereocenters. The molecule has 4 nitrogen and oxygen atoms in total. The van der Waals surface area contributed by atoms with Gasteiger partial charge in [-0.3, -0.25) is 9.89 Å². The van der Waals surface area contributed by atoms with Crippen molar-refractivity contribution in [1.82, 2.24) is 15.1 Å². The molecule has 120 valence electrons. The number of aliphatic imine (C=N–C) groups is 1. The number of benzene rings is 1. The maximum atomic E-state index is 4.84. The second-order valence-electron chi connectivity index (χ2n) is 6.22. The second kappa shape index (κ2) is 7.63. The monoisotopic (exact) mass is 300 g/mol. The number of rotatable bonds is 4. The third kappa shape index (κ3) is 3.80. The van der Waals surface area contributed by atoms with E-state index in [1.807, 2.05) is 0 Å². The molecule has 0 radical (unpaired) electrons. The summed E-state index contributed by atoms with van der Waals surface area (Å²) in [5.74, 6) is 1.11. The van der Waals surface area contributed by atoms with Gasteiger partial charge in [-0.2, -0.15) is 0 Å². The lowest BCUT2D eigenvalue weighted by Crippen LogP contribution is -2.40. The fourth-order valence-electron chi connectivity index (χ4n) is 3.40. The Morgan fingerprint density at radius 2 is 1.91 bits per heavy atom. The smallest absolute Gasteiger partial charge is 0.193 e. The Bertz CT molecular complexity index is 506. The Balaban J connectivity index is 1.52. The zero-order valence-corrected chi connectivity index (χ0v) is 13.7. The van der Waals surface area contributed by atoms with E-state index in [1.165, 1.54) is 30.4 Å². The van der Waals surface area contributed by atoms with Crippen molar-refractivity contribution in [1.29, 1.82) is 0 Å². The SMILES string of the molecule is CCNC(=NCCN1CCc2ccccc2C1)N1CCCC1. The summed E-state index contributed by atoms with van der Waals surface area (Å²) >= 11 is 0.